The summed E-state index contributed by atoms with van der Waals surface area (Å²) in [6.45, 7) is 4.53. The Morgan fingerprint density at radius 2 is 1.93 bits per heavy atom. The first-order valence-corrected chi connectivity index (χ1v) is 9.10. The van der Waals surface area contributed by atoms with E-state index in [1.54, 1.807) is 54.4 Å². The zero-order valence-electron chi connectivity index (χ0n) is 15.6. The maximum Gasteiger partial charge on any atom is 0.340 e. The second-order valence-electron chi connectivity index (χ2n) is 6.25. The highest BCUT2D eigenvalue weighted by atomic mass is 16.5. The third-order valence-electron chi connectivity index (χ3n) is 4.47. The van der Waals surface area contributed by atoms with Crippen molar-refractivity contribution in [2.24, 2.45) is 0 Å². The van der Waals surface area contributed by atoms with Gasteiger partial charge in [0.05, 0.1) is 17.9 Å². The van der Waals surface area contributed by atoms with Gasteiger partial charge in [0.1, 0.15) is 5.82 Å². The predicted octanol–water partition coefficient (Wildman–Crippen LogP) is 1.79. The third kappa shape index (κ3) is 4.46. The fourth-order valence-corrected chi connectivity index (χ4v) is 2.96. The third-order valence-corrected chi connectivity index (χ3v) is 4.47. The number of hydrogen-bond donors (Lipinski definition) is 1. The van der Waals surface area contributed by atoms with Gasteiger partial charge in [-0.15, -0.1) is 0 Å². The van der Waals surface area contributed by atoms with Gasteiger partial charge in [-0.25, -0.2) is 9.78 Å². The summed E-state index contributed by atoms with van der Waals surface area (Å²) >= 11 is 0. The molecule has 1 fully saturated rings. The van der Waals surface area contributed by atoms with Gasteiger partial charge in [-0.3, -0.25) is 9.59 Å². The molecule has 146 valence electrons. The van der Waals surface area contributed by atoms with Gasteiger partial charge in [0.15, 0.2) is 0 Å². The van der Waals surface area contributed by atoms with E-state index in [0.717, 1.165) is 6.41 Å². The van der Waals surface area contributed by atoms with Crippen molar-refractivity contribution in [2.75, 3.05) is 43.0 Å². The Morgan fingerprint density at radius 1 is 1.18 bits per heavy atom. The number of carbonyl (C=O) groups is 3. The highest BCUT2D eigenvalue weighted by molar-refractivity contribution is 6.08. The minimum absolute atomic E-state index is 0.256. The summed E-state index contributed by atoms with van der Waals surface area (Å²) < 4.78 is 5.04. The molecule has 0 aliphatic carbocycles. The molecule has 0 spiro atoms. The molecule has 8 heteroatoms. The summed E-state index contributed by atoms with van der Waals surface area (Å²) in [5, 5.41) is 2.77. The van der Waals surface area contributed by atoms with Crippen LogP contribution in [0.3, 0.4) is 0 Å². The number of para-hydroxylation sites is 1. The number of hydrogen-bond acceptors (Lipinski definition) is 6. The van der Waals surface area contributed by atoms with Crippen molar-refractivity contribution in [2.45, 2.75) is 6.92 Å². The molecule has 0 atom stereocenters. The zero-order valence-corrected chi connectivity index (χ0v) is 15.6. The summed E-state index contributed by atoms with van der Waals surface area (Å²) in [6.07, 6.45) is 2.42. The van der Waals surface area contributed by atoms with Crippen LogP contribution in [-0.4, -0.2) is 61.0 Å². The Morgan fingerprint density at radius 3 is 2.64 bits per heavy atom. The molecule has 0 unspecified atom stereocenters. The summed E-state index contributed by atoms with van der Waals surface area (Å²) in [5.74, 6) is -0.148. The first-order valence-electron chi connectivity index (χ1n) is 9.10. The van der Waals surface area contributed by atoms with Crippen LogP contribution in [0.25, 0.3) is 0 Å². The Hall–Kier alpha value is -3.42. The summed E-state index contributed by atoms with van der Waals surface area (Å²) in [6, 6.07) is 10.0. The van der Waals surface area contributed by atoms with Crippen LogP contribution in [-0.2, 0) is 9.53 Å². The fraction of sp³-hybridized carbons (Fsp3) is 0.300. The Bertz CT molecular complexity index is 863. The van der Waals surface area contributed by atoms with Crippen LogP contribution in [0.15, 0.2) is 42.6 Å². The van der Waals surface area contributed by atoms with Crippen molar-refractivity contribution in [3.8, 4) is 0 Å². The van der Waals surface area contributed by atoms with Gasteiger partial charge < -0.3 is 19.9 Å². The lowest BCUT2D eigenvalue weighted by atomic mass is 10.1. The van der Waals surface area contributed by atoms with Crippen LogP contribution >= 0.6 is 0 Å². The molecule has 0 saturated carbocycles. The first kappa shape index (κ1) is 19.3. The molecule has 1 aliphatic heterocycles. The second kappa shape index (κ2) is 8.98. The maximum absolute atomic E-state index is 12.7. The molecule has 2 heterocycles. The molecule has 2 amide bonds. The molecule has 1 N–H and O–H groups in total. The fourth-order valence-electron chi connectivity index (χ4n) is 2.96. The summed E-state index contributed by atoms with van der Waals surface area (Å²) in [5.41, 5.74) is 1.13. The molecule has 1 aromatic heterocycles. The van der Waals surface area contributed by atoms with Crippen LogP contribution < -0.4 is 10.2 Å². The molecule has 1 aliphatic rings. The number of nitrogens with one attached hydrogen (secondary N) is 1. The number of carbonyl (C=O) groups excluding carboxylic acids is 3. The van der Waals surface area contributed by atoms with Gasteiger partial charge in [0, 0.05) is 37.9 Å². The number of pyridine rings is 1. The molecule has 1 saturated heterocycles. The Kier molecular flexibility index (Phi) is 6.21. The highest BCUT2D eigenvalue weighted by Crippen LogP contribution is 2.19. The van der Waals surface area contributed by atoms with E-state index >= 15 is 0 Å². The molecule has 8 nitrogen and oxygen atoms in total. The van der Waals surface area contributed by atoms with E-state index in [4.69, 9.17) is 4.74 Å². The van der Waals surface area contributed by atoms with Crippen molar-refractivity contribution in [3.05, 3.63) is 53.7 Å². The topological polar surface area (TPSA) is 91.8 Å². The molecule has 2 aromatic rings. The number of anilines is 2. The lowest BCUT2D eigenvalue weighted by Gasteiger charge is -2.33. The number of rotatable bonds is 6. The van der Waals surface area contributed by atoms with E-state index in [1.165, 1.54) is 0 Å². The van der Waals surface area contributed by atoms with Gasteiger partial charge >= 0.3 is 5.97 Å². The number of nitrogens with zero attached hydrogens (tertiary/aromatic N) is 3. The molecule has 28 heavy (non-hydrogen) atoms. The van der Waals surface area contributed by atoms with Gasteiger partial charge in [0.25, 0.3) is 5.91 Å². The van der Waals surface area contributed by atoms with E-state index in [9.17, 15) is 14.4 Å². The van der Waals surface area contributed by atoms with Crippen molar-refractivity contribution in [1.82, 2.24) is 9.88 Å². The maximum atomic E-state index is 12.7. The van der Waals surface area contributed by atoms with E-state index in [-0.39, 0.29) is 12.5 Å². The normalized spacial score (nSPS) is 13.8. The monoisotopic (exact) mass is 382 g/mol. The molecule has 3 rings (SSSR count). The SMILES string of the molecule is CCOC(=O)c1ccccc1NC(=O)c1ccnc(N2CCN(C=O)CC2)c1. The molecular weight excluding hydrogens is 360 g/mol. The van der Waals surface area contributed by atoms with Crippen molar-refractivity contribution in [1.29, 1.82) is 0 Å². The number of ether oxygens (including phenoxy) is 1. The first-order chi connectivity index (χ1) is 13.6. The van der Waals surface area contributed by atoms with Gasteiger partial charge in [-0.2, -0.15) is 0 Å². The van der Waals surface area contributed by atoms with Crippen LogP contribution in [0.1, 0.15) is 27.6 Å². The van der Waals surface area contributed by atoms with E-state index in [1.807, 2.05) is 4.90 Å². The van der Waals surface area contributed by atoms with E-state index in [2.05, 4.69) is 10.3 Å². The second-order valence-corrected chi connectivity index (χ2v) is 6.25. The van der Waals surface area contributed by atoms with E-state index in [0.29, 0.717) is 48.8 Å². The Labute approximate surface area is 163 Å². The van der Waals surface area contributed by atoms with Crippen LogP contribution in [0.5, 0.6) is 0 Å². The van der Waals surface area contributed by atoms with Crippen molar-refractivity contribution < 1.29 is 19.1 Å². The van der Waals surface area contributed by atoms with Gasteiger partial charge in [-0.1, -0.05) is 12.1 Å². The molecular formula is C20H22N4O4. The van der Waals surface area contributed by atoms with Crippen LogP contribution in [0.2, 0.25) is 0 Å². The average Bonchev–Trinajstić information content (AvgIpc) is 2.74. The largest absolute Gasteiger partial charge is 0.462 e. The lowest BCUT2D eigenvalue weighted by Crippen LogP contribution is -2.46. The van der Waals surface area contributed by atoms with Gasteiger partial charge in [-0.05, 0) is 31.2 Å². The molecule has 0 radical (unpaired) electrons. The predicted molar refractivity (Wildman–Crippen MR) is 104 cm³/mol. The Balaban J connectivity index is 1.74. The minimum Gasteiger partial charge on any atom is -0.462 e. The quantitative estimate of drug-likeness (QED) is 0.605. The smallest absolute Gasteiger partial charge is 0.340 e. The highest BCUT2D eigenvalue weighted by Gasteiger charge is 2.19. The molecule has 1 aromatic carbocycles. The molecule has 0 bridgehead atoms. The lowest BCUT2D eigenvalue weighted by molar-refractivity contribution is -0.118. The number of esters is 1. The van der Waals surface area contributed by atoms with Crippen molar-refractivity contribution in [3.63, 3.8) is 0 Å². The summed E-state index contributed by atoms with van der Waals surface area (Å²) in [7, 11) is 0. The standard InChI is InChI=1S/C20H22N4O4/c1-2-28-20(27)16-5-3-4-6-17(16)22-19(26)15-7-8-21-18(13-15)24-11-9-23(14-25)10-12-24/h3-8,13-14H,2,9-12H2,1H3,(H,22,26). The van der Waals surface area contributed by atoms with E-state index < -0.39 is 5.97 Å². The zero-order chi connectivity index (χ0) is 19.9. The number of benzene rings is 1. The van der Waals surface area contributed by atoms with Crippen LogP contribution in [0, 0.1) is 0 Å². The number of amides is 2. The van der Waals surface area contributed by atoms with Crippen LogP contribution in [0.4, 0.5) is 11.5 Å². The minimum atomic E-state index is -0.484. The summed E-state index contributed by atoms with van der Waals surface area (Å²) in [4.78, 5) is 43.7. The van der Waals surface area contributed by atoms with Crippen molar-refractivity contribution >= 4 is 29.8 Å². The average molecular weight is 382 g/mol. The van der Waals surface area contributed by atoms with Gasteiger partial charge in [0.2, 0.25) is 6.41 Å². The number of aromatic nitrogens is 1. The number of piperazine rings is 1.